The van der Waals surface area contributed by atoms with Crippen LogP contribution in [0.3, 0.4) is 0 Å². The minimum absolute atomic E-state index is 0.155. The van der Waals surface area contributed by atoms with E-state index in [9.17, 15) is 0 Å². The SMILES string of the molecule is CC1CC=Cc2c3c(c4ccccc4c21)C=CC(C)(c1cccc(C2=NC(c4ccccc4)=NC(c4ccccc4)N2)c1)C3. The van der Waals surface area contributed by atoms with E-state index in [1.54, 1.807) is 0 Å². The van der Waals surface area contributed by atoms with E-state index in [2.05, 4.69) is 128 Å². The van der Waals surface area contributed by atoms with Gasteiger partial charge in [0.15, 0.2) is 5.84 Å². The molecule has 0 aromatic heterocycles. The number of nitrogens with zero attached hydrogens (tertiary/aromatic N) is 2. The van der Waals surface area contributed by atoms with Crippen molar-refractivity contribution in [1.82, 2.24) is 5.32 Å². The molecule has 1 heterocycles. The number of rotatable bonds is 4. The van der Waals surface area contributed by atoms with E-state index in [0.717, 1.165) is 41.2 Å². The molecule has 3 heteroatoms. The maximum absolute atomic E-state index is 5.07. The summed E-state index contributed by atoms with van der Waals surface area (Å²) in [5.74, 6) is 2.10. The van der Waals surface area contributed by atoms with Gasteiger partial charge in [0, 0.05) is 16.5 Å². The number of fused-ring (bicyclic) bond motifs is 6. The van der Waals surface area contributed by atoms with Gasteiger partial charge in [0.2, 0.25) is 0 Å². The van der Waals surface area contributed by atoms with Crippen LogP contribution >= 0.6 is 0 Å². The van der Waals surface area contributed by atoms with Gasteiger partial charge in [0.1, 0.15) is 12.0 Å². The average Bonchev–Trinajstić information content (AvgIpc) is 3.09. The summed E-state index contributed by atoms with van der Waals surface area (Å²) in [4.78, 5) is 10.1. The highest BCUT2D eigenvalue weighted by Crippen LogP contribution is 2.45. The van der Waals surface area contributed by atoms with Crippen molar-refractivity contribution >= 4 is 34.6 Å². The Morgan fingerprint density at radius 2 is 1.48 bits per heavy atom. The van der Waals surface area contributed by atoms with Gasteiger partial charge in [-0.25, -0.2) is 9.98 Å². The van der Waals surface area contributed by atoms with Crippen molar-refractivity contribution in [2.75, 3.05) is 0 Å². The highest BCUT2D eigenvalue weighted by atomic mass is 15.2. The van der Waals surface area contributed by atoms with Crippen molar-refractivity contribution in [3.8, 4) is 0 Å². The molecule has 0 radical (unpaired) electrons. The third kappa shape index (κ3) is 4.51. The zero-order valence-corrected chi connectivity index (χ0v) is 25.2. The first-order valence-corrected chi connectivity index (χ1v) is 15.6. The summed E-state index contributed by atoms with van der Waals surface area (Å²) in [7, 11) is 0. The fraction of sp³-hybridized carbons (Fsp3) is 0.171. The Kier molecular flexibility index (Phi) is 6.41. The molecule has 3 aliphatic rings. The monoisotopic (exact) mass is 569 g/mol. The van der Waals surface area contributed by atoms with Crippen LogP contribution in [0.2, 0.25) is 0 Å². The first kappa shape index (κ1) is 26.6. The van der Waals surface area contributed by atoms with Gasteiger partial charge < -0.3 is 5.32 Å². The second-order valence-corrected chi connectivity index (χ2v) is 12.5. The van der Waals surface area contributed by atoms with Crippen LogP contribution in [0.4, 0.5) is 0 Å². The van der Waals surface area contributed by atoms with Gasteiger partial charge in [0.25, 0.3) is 0 Å². The van der Waals surface area contributed by atoms with Crippen LogP contribution < -0.4 is 5.32 Å². The van der Waals surface area contributed by atoms with Crippen LogP contribution in [-0.4, -0.2) is 11.7 Å². The van der Waals surface area contributed by atoms with Crippen LogP contribution in [0.25, 0.3) is 22.9 Å². The average molecular weight is 570 g/mol. The highest BCUT2D eigenvalue weighted by Gasteiger charge is 2.33. The summed E-state index contributed by atoms with van der Waals surface area (Å²) < 4.78 is 0. The number of amidine groups is 2. The summed E-state index contributed by atoms with van der Waals surface area (Å²) in [6.45, 7) is 4.75. The summed E-state index contributed by atoms with van der Waals surface area (Å²) in [6.07, 6.45) is 11.4. The lowest BCUT2D eigenvalue weighted by atomic mass is 9.69. The van der Waals surface area contributed by atoms with Gasteiger partial charge in [-0.15, -0.1) is 0 Å². The number of allylic oxidation sites excluding steroid dienone is 2. The minimum atomic E-state index is -0.215. The maximum atomic E-state index is 5.07. The number of aliphatic imine (C=N–C) groups is 2. The molecule has 0 amide bonds. The molecule has 0 fully saturated rings. The predicted octanol–water partition coefficient (Wildman–Crippen LogP) is 9.38. The summed E-state index contributed by atoms with van der Waals surface area (Å²) in [5, 5.41) is 6.42. The zero-order chi connectivity index (χ0) is 29.7. The Labute approximate surface area is 259 Å². The Morgan fingerprint density at radius 3 is 2.30 bits per heavy atom. The number of hydrogen-bond donors (Lipinski definition) is 1. The predicted molar refractivity (Wildman–Crippen MR) is 184 cm³/mol. The lowest BCUT2D eigenvalue weighted by Crippen LogP contribution is -2.34. The molecule has 0 spiro atoms. The van der Waals surface area contributed by atoms with E-state index in [1.807, 2.05) is 24.3 Å². The molecule has 3 unspecified atom stereocenters. The molecule has 44 heavy (non-hydrogen) atoms. The Hall–Kier alpha value is -5.02. The van der Waals surface area contributed by atoms with E-state index in [1.165, 1.54) is 38.6 Å². The topological polar surface area (TPSA) is 36.8 Å². The second-order valence-electron chi connectivity index (χ2n) is 12.5. The summed E-state index contributed by atoms with van der Waals surface area (Å²) in [6, 6.07) is 38.6. The van der Waals surface area contributed by atoms with Crippen LogP contribution in [0.15, 0.2) is 131 Å². The molecule has 3 nitrogen and oxygen atoms in total. The van der Waals surface area contributed by atoms with Crippen LogP contribution in [0, 0.1) is 0 Å². The maximum Gasteiger partial charge on any atom is 0.159 e. The number of benzene rings is 5. The van der Waals surface area contributed by atoms with E-state index in [0.29, 0.717) is 5.92 Å². The molecule has 1 N–H and O–H groups in total. The molecule has 0 saturated heterocycles. The normalized spacial score (nSPS) is 22.0. The molecule has 0 saturated carbocycles. The van der Waals surface area contributed by atoms with Crippen molar-refractivity contribution in [1.29, 1.82) is 0 Å². The van der Waals surface area contributed by atoms with Gasteiger partial charge in [0.05, 0.1) is 0 Å². The molecule has 3 atom stereocenters. The van der Waals surface area contributed by atoms with Crippen molar-refractivity contribution in [2.24, 2.45) is 9.98 Å². The van der Waals surface area contributed by atoms with Crippen molar-refractivity contribution in [2.45, 2.75) is 44.2 Å². The quantitative estimate of drug-likeness (QED) is 0.230. The molecular formula is C41H35N3. The lowest BCUT2D eigenvalue weighted by molar-refractivity contribution is 0.585. The number of nitrogens with one attached hydrogen (secondary N) is 1. The smallest absolute Gasteiger partial charge is 0.159 e. The fourth-order valence-corrected chi connectivity index (χ4v) is 7.21. The van der Waals surface area contributed by atoms with E-state index in [-0.39, 0.29) is 11.6 Å². The number of hydrogen-bond acceptors (Lipinski definition) is 3. The Morgan fingerprint density at radius 1 is 0.750 bits per heavy atom. The van der Waals surface area contributed by atoms with Crippen molar-refractivity contribution in [3.05, 3.63) is 166 Å². The third-order valence-corrected chi connectivity index (χ3v) is 9.56. The molecule has 5 aromatic rings. The molecule has 1 aliphatic heterocycles. The van der Waals surface area contributed by atoms with Gasteiger partial charge in [-0.3, -0.25) is 0 Å². The van der Waals surface area contributed by atoms with E-state index < -0.39 is 0 Å². The van der Waals surface area contributed by atoms with Gasteiger partial charge in [-0.1, -0.05) is 141 Å². The Balaban J connectivity index is 1.20. The molecular weight excluding hydrogens is 534 g/mol. The largest absolute Gasteiger partial charge is 0.344 e. The zero-order valence-electron chi connectivity index (χ0n) is 25.2. The van der Waals surface area contributed by atoms with E-state index >= 15 is 0 Å². The molecule has 214 valence electrons. The van der Waals surface area contributed by atoms with Gasteiger partial charge in [-0.2, -0.15) is 0 Å². The van der Waals surface area contributed by atoms with Crippen LogP contribution in [0.1, 0.15) is 76.9 Å². The summed E-state index contributed by atoms with van der Waals surface area (Å²) in [5.41, 5.74) is 10.1. The summed E-state index contributed by atoms with van der Waals surface area (Å²) >= 11 is 0. The van der Waals surface area contributed by atoms with Crippen molar-refractivity contribution < 1.29 is 0 Å². The first-order valence-electron chi connectivity index (χ1n) is 15.6. The third-order valence-electron chi connectivity index (χ3n) is 9.56. The second kappa shape index (κ2) is 10.6. The van der Waals surface area contributed by atoms with Crippen molar-refractivity contribution in [3.63, 3.8) is 0 Å². The van der Waals surface area contributed by atoms with Crippen LogP contribution in [0.5, 0.6) is 0 Å². The lowest BCUT2D eigenvalue weighted by Gasteiger charge is -2.35. The van der Waals surface area contributed by atoms with E-state index in [4.69, 9.17) is 9.98 Å². The standard InChI is InChI=1S/C41H35N3/c1-27-13-11-22-35-36-26-41(2,24-23-33(36)32-20-9-10-21-34(32)37(27)35)31-19-12-18-30(25-31)40-43-38(28-14-5-3-6-15-28)42-39(44-40)29-16-7-4-8-17-29/h3-12,14-25,27,38H,13,26H2,1-2H3,(H,42,43,44). The molecule has 2 aliphatic carbocycles. The van der Waals surface area contributed by atoms with Gasteiger partial charge >= 0.3 is 0 Å². The molecule has 5 aromatic carbocycles. The highest BCUT2D eigenvalue weighted by molar-refractivity contribution is 6.13. The molecule has 0 bridgehead atoms. The Bertz CT molecular complexity index is 2020. The fourth-order valence-electron chi connectivity index (χ4n) is 7.21. The first-order chi connectivity index (χ1) is 21.6. The minimum Gasteiger partial charge on any atom is -0.344 e. The van der Waals surface area contributed by atoms with Gasteiger partial charge in [-0.05, 0) is 69.0 Å². The van der Waals surface area contributed by atoms with Crippen LogP contribution in [-0.2, 0) is 11.8 Å². The molecule has 8 rings (SSSR count).